The van der Waals surface area contributed by atoms with E-state index in [1.54, 1.807) is 22.7 Å². The van der Waals surface area contributed by atoms with Gasteiger partial charge in [0.2, 0.25) is 0 Å². The fourth-order valence-electron chi connectivity index (χ4n) is 1.44. The first kappa shape index (κ1) is 11.2. The molecule has 2 nitrogen and oxygen atoms in total. The largest absolute Gasteiger partial charge is 0.172 e. The number of hydrogen-bond acceptors (Lipinski definition) is 6. The molecule has 0 saturated carbocycles. The van der Waals surface area contributed by atoms with Crippen LogP contribution in [0.15, 0.2) is 35.0 Å². The molecule has 0 radical (unpaired) electrons. The van der Waals surface area contributed by atoms with Gasteiger partial charge in [-0.3, -0.25) is 0 Å². The molecule has 0 aliphatic rings. The van der Waals surface area contributed by atoms with Crippen molar-refractivity contribution >= 4 is 46.6 Å². The Hall–Kier alpha value is -0.950. The Kier molecular flexibility index (Phi) is 3.11. The van der Waals surface area contributed by atoms with Crippen molar-refractivity contribution in [3.05, 3.63) is 39.5 Å². The smallest absolute Gasteiger partial charge is 0.115 e. The van der Waals surface area contributed by atoms with Crippen LogP contribution in [-0.2, 0) is 0 Å². The van der Waals surface area contributed by atoms with Gasteiger partial charge in [0.1, 0.15) is 11.4 Å². The van der Waals surface area contributed by atoms with E-state index in [1.807, 2.05) is 35.0 Å². The van der Waals surface area contributed by atoms with Crippen LogP contribution in [0.5, 0.6) is 0 Å². The van der Waals surface area contributed by atoms with Gasteiger partial charge in [0.15, 0.2) is 0 Å². The van der Waals surface area contributed by atoms with Crippen molar-refractivity contribution in [2.24, 2.45) is 0 Å². The molecule has 0 aliphatic heterocycles. The summed E-state index contributed by atoms with van der Waals surface area (Å²) in [6.45, 7) is 0. The van der Waals surface area contributed by atoms with Crippen molar-refractivity contribution in [1.29, 1.82) is 0 Å². The highest BCUT2D eigenvalue weighted by atomic mass is 32.1. The second kappa shape index (κ2) is 4.73. The molecular formula is C11H6N2S4. The van der Waals surface area contributed by atoms with Gasteiger partial charge in [-0.15, -0.1) is 22.7 Å². The minimum atomic E-state index is 0.744. The minimum Gasteiger partial charge on any atom is -0.172 e. The first-order chi connectivity index (χ1) is 8.36. The Labute approximate surface area is 116 Å². The molecule has 0 N–H and O–H groups in total. The standard InChI is InChI=1S/C11H6N2S4/c14-11-9(7-3-1-5-15-7)12-17-13-10(11)8-4-2-6-16-8/h1-6H. The predicted molar refractivity (Wildman–Crippen MR) is 77.4 cm³/mol. The summed E-state index contributed by atoms with van der Waals surface area (Å²) in [5.41, 5.74) is 1.75. The molecule has 0 saturated heterocycles. The lowest BCUT2D eigenvalue weighted by molar-refractivity contribution is 1.41. The molecule has 0 fully saturated rings. The summed E-state index contributed by atoms with van der Waals surface area (Å²) in [5, 5.41) is 4.06. The highest BCUT2D eigenvalue weighted by Gasteiger charge is 2.10. The Bertz CT molecular complexity index is 612. The van der Waals surface area contributed by atoms with Gasteiger partial charge in [-0.1, -0.05) is 24.4 Å². The maximum atomic E-state index is 5.48. The summed E-state index contributed by atoms with van der Waals surface area (Å²) < 4.78 is 9.41. The summed E-state index contributed by atoms with van der Waals surface area (Å²) >= 11 is 9.99. The molecule has 17 heavy (non-hydrogen) atoms. The Morgan fingerprint density at radius 2 is 1.41 bits per heavy atom. The van der Waals surface area contributed by atoms with Crippen molar-refractivity contribution in [2.45, 2.75) is 0 Å². The predicted octanol–water partition coefficient (Wildman–Crippen LogP) is 4.72. The second-order valence-electron chi connectivity index (χ2n) is 3.25. The molecule has 0 unspecified atom stereocenters. The van der Waals surface area contributed by atoms with Gasteiger partial charge in [-0.25, -0.2) is 0 Å². The highest BCUT2D eigenvalue weighted by Crippen LogP contribution is 2.30. The van der Waals surface area contributed by atoms with E-state index in [-0.39, 0.29) is 0 Å². The van der Waals surface area contributed by atoms with Crippen LogP contribution in [0.3, 0.4) is 0 Å². The molecule has 3 rings (SSSR count). The third-order valence-corrected chi connectivity index (χ3v) is 4.87. The molecular weight excluding hydrogens is 288 g/mol. The van der Waals surface area contributed by atoms with E-state index in [2.05, 4.69) is 8.75 Å². The molecule has 0 atom stereocenters. The molecule has 0 amide bonds. The van der Waals surface area contributed by atoms with Crippen LogP contribution in [0, 0.1) is 4.51 Å². The summed E-state index contributed by atoms with van der Waals surface area (Å²) in [6, 6.07) is 8.08. The summed E-state index contributed by atoms with van der Waals surface area (Å²) in [6.07, 6.45) is 0. The Morgan fingerprint density at radius 1 is 0.882 bits per heavy atom. The monoisotopic (exact) mass is 294 g/mol. The fourth-order valence-corrected chi connectivity index (χ4v) is 4.13. The summed E-state index contributed by atoms with van der Waals surface area (Å²) in [4.78, 5) is 2.21. The van der Waals surface area contributed by atoms with Crippen molar-refractivity contribution in [1.82, 2.24) is 8.75 Å². The minimum absolute atomic E-state index is 0.744. The van der Waals surface area contributed by atoms with Crippen molar-refractivity contribution in [3.63, 3.8) is 0 Å². The van der Waals surface area contributed by atoms with Crippen LogP contribution in [0.25, 0.3) is 21.1 Å². The number of aromatic nitrogens is 2. The SMILES string of the molecule is S=c1c(-c2cccs2)nsnc1-c1cccs1. The molecule has 3 aromatic rings. The van der Waals surface area contributed by atoms with E-state index in [9.17, 15) is 0 Å². The van der Waals surface area contributed by atoms with Gasteiger partial charge >= 0.3 is 0 Å². The summed E-state index contributed by atoms with van der Waals surface area (Å²) in [5.74, 6) is 0. The number of nitrogens with zero attached hydrogens (tertiary/aromatic N) is 2. The van der Waals surface area contributed by atoms with Crippen LogP contribution in [-0.4, -0.2) is 8.75 Å². The van der Waals surface area contributed by atoms with Gasteiger partial charge in [-0.2, -0.15) is 8.75 Å². The molecule has 0 spiro atoms. The van der Waals surface area contributed by atoms with Crippen LogP contribution < -0.4 is 0 Å². The van der Waals surface area contributed by atoms with Crippen LogP contribution in [0.2, 0.25) is 0 Å². The van der Waals surface area contributed by atoms with E-state index >= 15 is 0 Å². The first-order valence-electron chi connectivity index (χ1n) is 4.81. The van der Waals surface area contributed by atoms with E-state index < -0.39 is 0 Å². The van der Waals surface area contributed by atoms with Crippen molar-refractivity contribution in [2.75, 3.05) is 0 Å². The van der Waals surface area contributed by atoms with Crippen molar-refractivity contribution in [3.8, 4) is 21.1 Å². The molecule has 0 bridgehead atoms. The fraction of sp³-hybridized carbons (Fsp3) is 0. The lowest BCUT2D eigenvalue weighted by Gasteiger charge is -1.99. The lowest BCUT2D eigenvalue weighted by Crippen LogP contribution is -1.85. The zero-order valence-electron chi connectivity index (χ0n) is 8.49. The van der Waals surface area contributed by atoms with Gasteiger partial charge in [0.05, 0.1) is 26.0 Å². The Morgan fingerprint density at radius 3 is 1.82 bits per heavy atom. The zero-order chi connectivity index (χ0) is 11.7. The maximum Gasteiger partial charge on any atom is 0.115 e. The van der Waals surface area contributed by atoms with E-state index in [0.29, 0.717) is 0 Å². The van der Waals surface area contributed by atoms with Crippen LogP contribution in [0.4, 0.5) is 0 Å². The van der Waals surface area contributed by atoms with E-state index in [1.165, 1.54) is 11.7 Å². The van der Waals surface area contributed by atoms with Gasteiger partial charge < -0.3 is 0 Å². The second-order valence-corrected chi connectivity index (χ2v) is 6.08. The lowest BCUT2D eigenvalue weighted by atomic mass is 10.2. The van der Waals surface area contributed by atoms with Crippen LogP contribution >= 0.6 is 46.6 Å². The van der Waals surface area contributed by atoms with Gasteiger partial charge in [-0.05, 0) is 22.9 Å². The third-order valence-electron chi connectivity index (χ3n) is 2.20. The van der Waals surface area contributed by atoms with Gasteiger partial charge in [0.25, 0.3) is 0 Å². The molecule has 0 aromatic carbocycles. The number of rotatable bonds is 2. The number of thiophene rings is 2. The normalized spacial score (nSPS) is 10.6. The topological polar surface area (TPSA) is 25.8 Å². The molecule has 0 aliphatic carbocycles. The molecule has 6 heteroatoms. The average Bonchev–Trinajstić information content (AvgIpc) is 3.02. The Balaban J connectivity index is 2.21. The zero-order valence-corrected chi connectivity index (χ0v) is 11.8. The molecule has 84 valence electrons. The van der Waals surface area contributed by atoms with Crippen LogP contribution in [0.1, 0.15) is 0 Å². The van der Waals surface area contributed by atoms with Gasteiger partial charge in [0, 0.05) is 0 Å². The molecule has 3 aromatic heterocycles. The quantitative estimate of drug-likeness (QED) is 0.639. The summed E-state index contributed by atoms with van der Waals surface area (Å²) in [7, 11) is 0. The highest BCUT2D eigenvalue weighted by molar-refractivity contribution is 7.71. The average molecular weight is 294 g/mol. The molecule has 3 heterocycles. The third kappa shape index (κ3) is 2.09. The van der Waals surface area contributed by atoms with E-state index in [0.717, 1.165) is 25.7 Å². The number of hydrogen-bond donors (Lipinski definition) is 0. The maximum absolute atomic E-state index is 5.48. The van der Waals surface area contributed by atoms with E-state index in [4.69, 9.17) is 12.2 Å². The first-order valence-corrected chi connectivity index (χ1v) is 7.70. The van der Waals surface area contributed by atoms with Crippen molar-refractivity contribution < 1.29 is 0 Å².